The molecule has 3 rings (SSSR count). The van der Waals surface area contributed by atoms with Crippen LogP contribution in [-0.4, -0.2) is 31.7 Å². The van der Waals surface area contributed by atoms with Crippen molar-refractivity contribution in [3.63, 3.8) is 0 Å². The van der Waals surface area contributed by atoms with Crippen LogP contribution in [0.1, 0.15) is 28.8 Å². The molecule has 1 aliphatic rings. The summed E-state index contributed by atoms with van der Waals surface area (Å²) in [4.78, 5) is 30.9. The Labute approximate surface area is 146 Å². The summed E-state index contributed by atoms with van der Waals surface area (Å²) >= 11 is 0. The summed E-state index contributed by atoms with van der Waals surface area (Å²) < 4.78 is 0. The third-order valence-electron chi connectivity index (χ3n) is 4.00. The summed E-state index contributed by atoms with van der Waals surface area (Å²) in [7, 11) is 1.47. The highest BCUT2D eigenvalue weighted by molar-refractivity contribution is 6.08. The van der Waals surface area contributed by atoms with Gasteiger partial charge >= 0.3 is 0 Å². The van der Waals surface area contributed by atoms with E-state index in [1.165, 1.54) is 7.11 Å². The van der Waals surface area contributed by atoms with Gasteiger partial charge in [-0.1, -0.05) is 29.4 Å². The van der Waals surface area contributed by atoms with E-state index in [9.17, 15) is 9.59 Å². The van der Waals surface area contributed by atoms with Crippen molar-refractivity contribution in [3.8, 4) is 0 Å². The second kappa shape index (κ2) is 7.61. The van der Waals surface area contributed by atoms with Gasteiger partial charge in [-0.2, -0.15) is 0 Å². The van der Waals surface area contributed by atoms with Crippen LogP contribution in [-0.2, 0) is 9.63 Å². The number of carbonyl (C=O) groups excluding carboxylic acids is 2. The van der Waals surface area contributed by atoms with Crippen molar-refractivity contribution in [2.24, 2.45) is 5.16 Å². The maximum absolute atomic E-state index is 12.5. The lowest BCUT2D eigenvalue weighted by Crippen LogP contribution is -2.25. The first-order chi connectivity index (χ1) is 12.2. The molecular weight excluding hydrogens is 318 g/mol. The van der Waals surface area contributed by atoms with Gasteiger partial charge in [0.15, 0.2) is 0 Å². The molecular formula is C19H19N3O3. The van der Waals surface area contributed by atoms with Gasteiger partial charge in [-0.3, -0.25) is 9.59 Å². The van der Waals surface area contributed by atoms with Crippen LogP contribution in [0.15, 0.2) is 53.7 Å². The molecule has 25 heavy (non-hydrogen) atoms. The van der Waals surface area contributed by atoms with E-state index in [4.69, 9.17) is 0 Å². The molecule has 0 unspecified atom stereocenters. The molecule has 2 aromatic rings. The topological polar surface area (TPSA) is 71.0 Å². The molecule has 0 aliphatic carbocycles. The highest BCUT2D eigenvalue weighted by Gasteiger charge is 2.24. The monoisotopic (exact) mass is 337 g/mol. The molecule has 0 radical (unpaired) electrons. The summed E-state index contributed by atoms with van der Waals surface area (Å²) in [5.74, 6) is -0.141. The van der Waals surface area contributed by atoms with Gasteiger partial charge in [-0.15, -0.1) is 0 Å². The predicted molar refractivity (Wildman–Crippen MR) is 97.0 cm³/mol. The highest BCUT2D eigenvalue weighted by atomic mass is 16.6. The van der Waals surface area contributed by atoms with Crippen molar-refractivity contribution < 1.29 is 14.4 Å². The minimum Gasteiger partial charge on any atom is -0.399 e. The molecule has 2 amide bonds. The van der Waals surface area contributed by atoms with Crippen molar-refractivity contribution in [1.82, 2.24) is 0 Å². The van der Waals surface area contributed by atoms with E-state index < -0.39 is 0 Å². The molecule has 0 saturated carbocycles. The molecule has 6 heteroatoms. The first-order valence-electron chi connectivity index (χ1n) is 8.06. The summed E-state index contributed by atoms with van der Waals surface area (Å²) in [6, 6.07) is 14.4. The average molecular weight is 337 g/mol. The van der Waals surface area contributed by atoms with Crippen LogP contribution in [0.25, 0.3) is 0 Å². The number of hydrogen-bond acceptors (Lipinski definition) is 4. The number of anilines is 2. The standard InChI is InChI=1S/C19H19N3O3/c1-25-20-13-14-8-10-15(11-9-14)19(24)21-16-5-2-3-6-17(16)22-12-4-7-18(22)23/h2-3,5-6,8-11,13H,4,7,12H2,1H3,(H,21,24)/b20-13+. The average Bonchev–Trinajstić information content (AvgIpc) is 3.06. The van der Waals surface area contributed by atoms with Gasteiger partial charge in [0.2, 0.25) is 5.91 Å². The van der Waals surface area contributed by atoms with E-state index in [0.29, 0.717) is 24.2 Å². The van der Waals surface area contributed by atoms with Crippen LogP contribution in [0.3, 0.4) is 0 Å². The fraction of sp³-hybridized carbons (Fsp3) is 0.211. The van der Waals surface area contributed by atoms with Crippen LogP contribution >= 0.6 is 0 Å². The second-order valence-electron chi connectivity index (χ2n) is 5.66. The molecule has 1 N–H and O–H groups in total. The highest BCUT2D eigenvalue weighted by Crippen LogP contribution is 2.29. The number of nitrogens with one attached hydrogen (secondary N) is 1. The second-order valence-corrected chi connectivity index (χ2v) is 5.66. The van der Waals surface area contributed by atoms with Gasteiger partial charge in [-0.05, 0) is 36.2 Å². The van der Waals surface area contributed by atoms with Crippen LogP contribution in [0.4, 0.5) is 11.4 Å². The Morgan fingerprint density at radius 1 is 1.20 bits per heavy atom. The quantitative estimate of drug-likeness (QED) is 0.673. The third kappa shape index (κ3) is 3.85. The minimum absolute atomic E-state index is 0.0866. The Morgan fingerprint density at radius 2 is 1.96 bits per heavy atom. The molecule has 1 aliphatic heterocycles. The molecule has 1 heterocycles. The lowest BCUT2D eigenvalue weighted by molar-refractivity contribution is -0.117. The molecule has 1 fully saturated rings. The van der Waals surface area contributed by atoms with Crippen LogP contribution in [0, 0.1) is 0 Å². The van der Waals surface area contributed by atoms with Gasteiger partial charge in [0, 0.05) is 18.5 Å². The van der Waals surface area contributed by atoms with E-state index >= 15 is 0 Å². The molecule has 2 aromatic carbocycles. The minimum atomic E-state index is -0.227. The van der Waals surface area contributed by atoms with E-state index in [0.717, 1.165) is 17.7 Å². The normalized spacial score (nSPS) is 14.1. The number of amides is 2. The summed E-state index contributed by atoms with van der Waals surface area (Å²) in [6.07, 6.45) is 2.95. The van der Waals surface area contributed by atoms with Gasteiger partial charge in [-0.25, -0.2) is 0 Å². The predicted octanol–water partition coefficient (Wildman–Crippen LogP) is 3.05. The Hall–Kier alpha value is -3.15. The van der Waals surface area contributed by atoms with Gasteiger partial charge < -0.3 is 15.1 Å². The van der Waals surface area contributed by atoms with Crippen molar-refractivity contribution in [3.05, 3.63) is 59.7 Å². The number of para-hydroxylation sites is 2. The van der Waals surface area contributed by atoms with Gasteiger partial charge in [0.25, 0.3) is 5.91 Å². The number of carbonyl (C=O) groups is 2. The summed E-state index contributed by atoms with van der Waals surface area (Å²) in [5.41, 5.74) is 2.73. The molecule has 128 valence electrons. The number of nitrogens with zero attached hydrogens (tertiary/aromatic N) is 2. The third-order valence-corrected chi connectivity index (χ3v) is 4.00. The maximum atomic E-state index is 12.5. The Morgan fingerprint density at radius 3 is 2.64 bits per heavy atom. The van der Waals surface area contributed by atoms with E-state index in [-0.39, 0.29) is 11.8 Å². The SMILES string of the molecule is CO/N=C/c1ccc(C(=O)Nc2ccccc2N2CCCC2=O)cc1. The molecule has 0 atom stereocenters. The fourth-order valence-electron chi connectivity index (χ4n) is 2.75. The van der Waals surface area contributed by atoms with Crippen molar-refractivity contribution in [2.75, 3.05) is 23.9 Å². The van der Waals surface area contributed by atoms with Crippen LogP contribution in [0.2, 0.25) is 0 Å². The first-order valence-corrected chi connectivity index (χ1v) is 8.06. The Bertz CT molecular complexity index is 800. The van der Waals surface area contributed by atoms with Crippen LogP contribution in [0.5, 0.6) is 0 Å². The van der Waals surface area contributed by atoms with Gasteiger partial charge in [0.05, 0.1) is 17.6 Å². The zero-order valence-corrected chi connectivity index (χ0v) is 13.9. The van der Waals surface area contributed by atoms with E-state index in [1.54, 1.807) is 41.4 Å². The fourth-order valence-corrected chi connectivity index (χ4v) is 2.75. The summed E-state index contributed by atoms with van der Waals surface area (Å²) in [5, 5.41) is 6.58. The number of rotatable bonds is 5. The number of oxime groups is 1. The smallest absolute Gasteiger partial charge is 0.255 e. The Balaban J connectivity index is 1.77. The molecule has 0 bridgehead atoms. The van der Waals surface area contributed by atoms with Crippen LogP contribution < -0.4 is 10.2 Å². The van der Waals surface area contributed by atoms with Crippen molar-refractivity contribution >= 4 is 29.4 Å². The van der Waals surface area contributed by atoms with Crippen molar-refractivity contribution in [1.29, 1.82) is 0 Å². The largest absolute Gasteiger partial charge is 0.399 e. The lowest BCUT2D eigenvalue weighted by atomic mass is 10.1. The zero-order chi connectivity index (χ0) is 17.6. The molecule has 0 aromatic heterocycles. The maximum Gasteiger partial charge on any atom is 0.255 e. The van der Waals surface area contributed by atoms with Gasteiger partial charge in [0.1, 0.15) is 7.11 Å². The first kappa shape index (κ1) is 16.7. The number of hydrogen-bond donors (Lipinski definition) is 1. The molecule has 1 saturated heterocycles. The van der Waals surface area contributed by atoms with E-state index in [1.807, 2.05) is 18.2 Å². The number of benzene rings is 2. The molecule has 6 nitrogen and oxygen atoms in total. The van der Waals surface area contributed by atoms with Crippen molar-refractivity contribution in [2.45, 2.75) is 12.8 Å². The lowest BCUT2D eigenvalue weighted by Gasteiger charge is -2.20. The Kier molecular flexibility index (Phi) is 5.09. The van der Waals surface area contributed by atoms with E-state index in [2.05, 4.69) is 15.3 Å². The zero-order valence-electron chi connectivity index (χ0n) is 13.9. The molecule has 0 spiro atoms. The summed E-state index contributed by atoms with van der Waals surface area (Å²) in [6.45, 7) is 0.680.